The molecule has 20 heavy (non-hydrogen) atoms. The molecule has 2 aromatic rings. The minimum absolute atomic E-state index is 0.432. The Morgan fingerprint density at radius 1 is 1.05 bits per heavy atom. The van der Waals surface area contributed by atoms with Gasteiger partial charge in [-0.25, -0.2) is 5.14 Å². The lowest BCUT2D eigenvalue weighted by atomic mass is 10.1. The van der Waals surface area contributed by atoms with Crippen LogP contribution in [0.25, 0.3) is 0 Å². The third kappa shape index (κ3) is 4.56. The molecule has 0 radical (unpaired) electrons. The second-order valence-electron chi connectivity index (χ2n) is 4.57. The van der Waals surface area contributed by atoms with Gasteiger partial charge in [-0.15, -0.1) is 0 Å². The first-order valence-electron chi connectivity index (χ1n) is 6.12. The molecule has 5 nitrogen and oxygen atoms in total. The Kier molecular flexibility index (Phi) is 4.26. The molecule has 0 aliphatic carbocycles. The predicted molar refractivity (Wildman–Crippen MR) is 81.7 cm³/mol. The monoisotopic (exact) mass is 291 g/mol. The van der Waals surface area contributed by atoms with Crippen LogP contribution in [-0.2, 0) is 16.8 Å². The zero-order chi connectivity index (χ0) is 14.6. The largest absolute Gasteiger partial charge is 0.381 e. The van der Waals surface area contributed by atoms with Crippen molar-refractivity contribution < 1.29 is 8.42 Å². The average Bonchev–Trinajstić information content (AvgIpc) is 2.35. The van der Waals surface area contributed by atoms with Crippen molar-refractivity contribution >= 4 is 21.6 Å². The van der Waals surface area contributed by atoms with Crippen LogP contribution in [0.4, 0.5) is 11.4 Å². The fourth-order valence-corrected chi connectivity index (χ4v) is 2.34. The van der Waals surface area contributed by atoms with E-state index in [1.54, 1.807) is 18.2 Å². The van der Waals surface area contributed by atoms with Crippen LogP contribution >= 0.6 is 0 Å². The first-order valence-corrected chi connectivity index (χ1v) is 7.67. The number of rotatable bonds is 5. The van der Waals surface area contributed by atoms with Gasteiger partial charge in [-0.1, -0.05) is 35.9 Å². The van der Waals surface area contributed by atoms with E-state index in [4.69, 9.17) is 5.14 Å². The average molecular weight is 291 g/mol. The van der Waals surface area contributed by atoms with Crippen LogP contribution in [0.1, 0.15) is 11.1 Å². The summed E-state index contributed by atoms with van der Waals surface area (Å²) in [4.78, 5) is 0. The van der Waals surface area contributed by atoms with Crippen molar-refractivity contribution in [2.75, 3.05) is 10.0 Å². The number of nitrogens with one attached hydrogen (secondary N) is 2. The Morgan fingerprint density at radius 2 is 1.75 bits per heavy atom. The number of nitrogens with two attached hydrogens (primary N) is 1. The summed E-state index contributed by atoms with van der Waals surface area (Å²) in [6.07, 6.45) is 0. The summed E-state index contributed by atoms with van der Waals surface area (Å²) in [5, 5.41) is 8.18. The number of anilines is 2. The van der Waals surface area contributed by atoms with E-state index >= 15 is 0 Å². The Labute approximate surface area is 119 Å². The molecule has 2 aromatic carbocycles. The fraction of sp³-hybridized carbons (Fsp3) is 0.143. The molecule has 0 amide bonds. The number of hydrogen-bond acceptors (Lipinski definition) is 3. The van der Waals surface area contributed by atoms with Gasteiger partial charge in [0, 0.05) is 12.2 Å². The van der Waals surface area contributed by atoms with Crippen LogP contribution in [0, 0.1) is 6.92 Å². The van der Waals surface area contributed by atoms with Crippen LogP contribution in [0.2, 0.25) is 0 Å². The van der Waals surface area contributed by atoms with Crippen molar-refractivity contribution in [1.82, 2.24) is 0 Å². The van der Waals surface area contributed by atoms with Crippen molar-refractivity contribution in [3.8, 4) is 0 Å². The highest BCUT2D eigenvalue weighted by atomic mass is 32.2. The predicted octanol–water partition coefficient (Wildman–Crippen LogP) is 2.22. The highest BCUT2D eigenvalue weighted by molar-refractivity contribution is 7.90. The van der Waals surface area contributed by atoms with Crippen LogP contribution in [0.15, 0.2) is 48.5 Å². The standard InChI is InChI=1S/C14H17N3O2S/c1-11-4-2-5-12(8-11)10-16-13-6-3-7-14(9-13)17-20(15,18)19/h2-9,16-17H,10H2,1H3,(H2,15,18,19). The van der Waals surface area contributed by atoms with Gasteiger partial charge in [-0.3, -0.25) is 4.72 Å². The first kappa shape index (κ1) is 14.4. The Hall–Kier alpha value is -2.05. The number of benzene rings is 2. The zero-order valence-corrected chi connectivity index (χ0v) is 11.9. The fourth-order valence-electron chi connectivity index (χ4n) is 1.88. The smallest absolute Gasteiger partial charge is 0.296 e. The molecule has 0 unspecified atom stereocenters. The lowest BCUT2D eigenvalue weighted by Gasteiger charge is -2.09. The van der Waals surface area contributed by atoms with Crippen molar-refractivity contribution in [2.45, 2.75) is 13.5 Å². The summed E-state index contributed by atoms with van der Waals surface area (Å²) in [6.45, 7) is 2.71. The summed E-state index contributed by atoms with van der Waals surface area (Å²) >= 11 is 0. The van der Waals surface area contributed by atoms with E-state index < -0.39 is 10.2 Å². The molecule has 0 spiro atoms. The molecule has 6 heteroatoms. The quantitative estimate of drug-likeness (QED) is 0.789. The Bertz CT molecular complexity index is 699. The molecule has 0 bridgehead atoms. The van der Waals surface area contributed by atoms with Crippen molar-refractivity contribution in [3.63, 3.8) is 0 Å². The van der Waals surface area contributed by atoms with Crippen molar-refractivity contribution in [1.29, 1.82) is 0 Å². The molecule has 0 atom stereocenters. The van der Waals surface area contributed by atoms with Crippen molar-refractivity contribution in [3.05, 3.63) is 59.7 Å². The maximum Gasteiger partial charge on any atom is 0.296 e. The second-order valence-corrected chi connectivity index (χ2v) is 5.86. The molecule has 2 rings (SSSR count). The van der Waals surface area contributed by atoms with E-state index in [2.05, 4.69) is 16.1 Å². The topological polar surface area (TPSA) is 84.2 Å². The van der Waals surface area contributed by atoms with Gasteiger partial charge < -0.3 is 5.32 Å². The van der Waals surface area contributed by atoms with Gasteiger partial charge >= 0.3 is 0 Å². The summed E-state index contributed by atoms with van der Waals surface area (Å²) in [6, 6.07) is 15.1. The van der Waals surface area contributed by atoms with Gasteiger partial charge in [0.15, 0.2) is 0 Å². The minimum Gasteiger partial charge on any atom is -0.381 e. The van der Waals surface area contributed by atoms with E-state index in [0.717, 1.165) is 11.3 Å². The maximum atomic E-state index is 11.0. The van der Waals surface area contributed by atoms with E-state index in [9.17, 15) is 8.42 Å². The molecule has 0 aliphatic rings. The highest BCUT2D eigenvalue weighted by Crippen LogP contribution is 2.16. The van der Waals surface area contributed by atoms with E-state index in [-0.39, 0.29) is 0 Å². The molecule has 0 aliphatic heterocycles. The van der Waals surface area contributed by atoms with E-state index in [0.29, 0.717) is 12.2 Å². The van der Waals surface area contributed by atoms with E-state index in [1.807, 2.05) is 31.2 Å². The maximum absolute atomic E-state index is 11.0. The summed E-state index contributed by atoms with van der Waals surface area (Å²) < 4.78 is 24.2. The SMILES string of the molecule is Cc1cccc(CNc2cccc(NS(N)(=O)=O)c2)c1. The third-order valence-electron chi connectivity index (χ3n) is 2.70. The first-order chi connectivity index (χ1) is 9.42. The Morgan fingerprint density at radius 3 is 2.45 bits per heavy atom. The van der Waals surface area contributed by atoms with Crippen LogP contribution in [-0.4, -0.2) is 8.42 Å². The molecule has 0 aromatic heterocycles. The van der Waals surface area contributed by atoms with Gasteiger partial charge in [0.1, 0.15) is 0 Å². The molecule has 0 saturated carbocycles. The summed E-state index contributed by atoms with van der Waals surface area (Å²) in [5.41, 5.74) is 3.62. The molecule has 0 heterocycles. The summed E-state index contributed by atoms with van der Waals surface area (Å²) in [5.74, 6) is 0. The van der Waals surface area contributed by atoms with Gasteiger partial charge in [0.2, 0.25) is 0 Å². The van der Waals surface area contributed by atoms with Gasteiger partial charge in [-0.05, 0) is 30.7 Å². The zero-order valence-electron chi connectivity index (χ0n) is 11.1. The number of hydrogen-bond donors (Lipinski definition) is 3. The van der Waals surface area contributed by atoms with Crippen molar-refractivity contribution in [2.24, 2.45) is 5.14 Å². The van der Waals surface area contributed by atoms with Crippen LogP contribution in [0.5, 0.6) is 0 Å². The molecule has 4 N–H and O–H groups in total. The van der Waals surface area contributed by atoms with Gasteiger partial charge in [-0.2, -0.15) is 8.42 Å². The molecule has 106 valence electrons. The van der Waals surface area contributed by atoms with Crippen LogP contribution in [0.3, 0.4) is 0 Å². The molecule has 0 fully saturated rings. The number of aryl methyl sites for hydroxylation is 1. The lowest BCUT2D eigenvalue weighted by molar-refractivity contribution is 0.603. The molecule has 0 saturated heterocycles. The lowest BCUT2D eigenvalue weighted by Crippen LogP contribution is -2.21. The molecular formula is C14H17N3O2S. The highest BCUT2D eigenvalue weighted by Gasteiger charge is 2.02. The second kappa shape index (κ2) is 5.94. The van der Waals surface area contributed by atoms with E-state index in [1.165, 1.54) is 5.56 Å². The Balaban J connectivity index is 2.05. The summed E-state index contributed by atoms with van der Waals surface area (Å²) in [7, 11) is -3.74. The van der Waals surface area contributed by atoms with Gasteiger partial charge in [0.25, 0.3) is 10.2 Å². The van der Waals surface area contributed by atoms with Gasteiger partial charge in [0.05, 0.1) is 5.69 Å². The third-order valence-corrected chi connectivity index (χ3v) is 3.22. The molecular weight excluding hydrogens is 274 g/mol. The minimum atomic E-state index is -3.74. The van der Waals surface area contributed by atoms with Crippen LogP contribution < -0.4 is 15.2 Å². The normalized spacial score (nSPS) is 11.1.